The molecule has 5 heteroatoms. The number of rotatable bonds is 3. The molecular formula is C14H15NO3S. The molecule has 100 valence electrons. The molecule has 0 aliphatic carbocycles. The van der Waals surface area contributed by atoms with Crippen molar-refractivity contribution in [2.24, 2.45) is 0 Å². The van der Waals surface area contributed by atoms with Gasteiger partial charge in [0.25, 0.3) is 9.84 Å². The van der Waals surface area contributed by atoms with Crippen LogP contribution in [0.1, 0.15) is 12.0 Å². The smallest absolute Gasteiger partial charge is 0.346 e. The lowest BCUT2D eigenvalue weighted by Crippen LogP contribution is -2.24. The highest BCUT2D eigenvalue weighted by Crippen LogP contribution is 2.27. The van der Waals surface area contributed by atoms with Gasteiger partial charge in [0.15, 0.2) is 0 Å². The number of benzene rings is 1. The molecule has 1 heterocycles. The minimum absolute atomic E-state index is 0.239. The molecule has 0 amide bonds. The van der Waals surface area contributed by atoms with Crippen molar-refractivity contribution in [3.8, 4) is 0 Å². The van der Waals surface area contributed by atoms with Crippen LogP contribution in [0.15, 0.2) is 40.8 Å². The van der Waals surface area contributed by atoms with Gasteiger partial charge in [0.05, 0.1) is 18.1 Å². The topological polar surface area (TPSA) is 47.7 Å². The van der Waals surface area contributed by atoms with Gasteiger partial charge in [0.2, 0.25) is 0 Å². The molecule has 2 rings (SSSR count). The standard InChI is InChI=1S/C14H15NO3S/c1-11-5-3-4-6-13(11)19(16,17)14(15-2)12-7-9-18-10-8-12/h3-7,14H,8-10H2,1H3. The van der Waals surface area contributed by atoms with Crippen molar-refractivity contribution in [1.29, 1.82) is 0 Å². The van der Waals surface area contributed by atoms with E-state index >= 15 is 0 Å². The van der Waals surface area contributed by atoms with Crippen molar-refractivity contribution in [2.45, 2.75) is 23.6 Å². The molecule has 0 aromatic heterocycles. The summed E-state index contributed by atoms with van der Waals surface area (Å²) in [5.74, 6) is 0. The third-order valence-corrected chi connectivity index (χ3v) is 5.19. The minimum atomic E-state index is -3.66. The molecule has 1 aromatic carbocycles. The number of sulfone groups is 1. The fourth-order valence-electron chi connectivity index (χ4n) is 2.11. The van der Waals surface area contributed by atoms with E-state index < -0.39 is 15.2 Å². The number of hydrogen-bond acceptors (Lipinski definition) is 3. The van der Waals surface area contributed by atoms with Crippen LogP contribution < -0.4 is 0 Å². The summed E-state index contributed by atoms with van der Waals surface area (Å²) in [6, 6.07) is 6.77. The molecule has 0 fully saturated rings. The van der Waals surface area contributed by atoms with E-state index in [0.717, 1.165) is 0 Å². The summed E-state index contributed by atoms with van der Waals surface area (Å²) in [6.07, 6.45) is 2.21. The second-order valence-corrected chi connectivity index (χ2v) is 6.37. The highest BCUT2D eigenvalue weighted by Gasteiger charge is 2.37. The first kappa shape index (κ1) is 13.8. The summed E-state index contributed by atoms with van der Waals surface area (Å²) in [6.45, 7) is 9.83. The predicted octanol–water partition coefficient (Wildman–Crippen LogP) is 2.36. The molecule has 1 unspecified atom stereocenters. The highest BCUT2D eigenvalue weighted by atomic mass is 32.2. The van der Waals surface area contributed by atoms with E-state index in [1.54, 1.807) is 37.3 Å². The second kappa shape index (κ2) is 5.55. The summed E-state index contributed by atoms with van der Waals surface area (Å²) in [4.78, 5) is 3.58. The molecule has 4 nitrogen and oxygen atoms in total. The molecule has 1 aliphatic heterocycles. The van der Waals surface area contributed by atoms with Crippen molar-refractivity contribution in [3.05, 3.63) is 52.9 Å². The minimum Gasteiger partial charge on any atom is -0.377 e. The van der Waals surface area contributed by atoms with Crippen LogP contribution >= 0.6 is 0 Å². The fourth-order valence-corrected chi connectivity index (χ4v) is 3.89. The maximum Gasteiger partial charge on any atom is 0.346 e. The van der Waals surface area contributed by atoms with E-state index in [-0.39, 0.29) is 4.90 Å². The summed E-state index contributed by atoms with van der Waals surface area (Å²) >= 11 is 0. The number of ether oxygens (including phenoxy) is 1. The Bertz CT molecular complexity index is 641. The average molecular weight is 277 g/mol. The van der Waals surface area contributed by atoms with Crippen LogP contribution in [-0.2, 0) is 14.6 Å². The molecule has 1 aromatic rings. The largest absolute Gasteiger partial charge is 0.377 e. The first-order valence-corrected chi connectivity index (χ1v) is 7.55. The van der Waals surface area contributed by atoms with Crippen molar-refractivity contribution in [1.82, 2.24) is 0 Å². The van der Waals surface area contributed by atoms with E-state index in [0.29, 0.717) is 30.8 Å². The maximum atomic E-state index is 12.6. The molecule has 1 atom stereocenters. The Kier molecular flexibility index (Phi) is 4.03. The van der Waals surface area contributed by atoms with Gasteiger partial charge in [-0.05, 0) is 18.6 Å². The lowest BCUT2D eigenvalue weighted by atomic mass is 10.1. The number of nitrogens with zero attached hydrogens (tertiary/aromatic N) is 1. The third-order valence-electron chi connectivity index (χ3n) is 3.13. The van der Waals surface area contributed by atoms with E-state index in [2.05, 4.69) is 4.85 Å². The molecule has 0 N–H and O–H groups in total. The molecule has 0 radical (unpaired) electrons. The number of hydrogen-bond donors (Lipinski definition) is 0. The Morgan fingerprint density at radius 2 is 2.11 bits per heavy atom. The van der Waals surface area contributed by atoms with Gasteiger partial charge in [-0.2, -0.15) is 0 Å². The van der Waals surface area contributed by atoms with E-state index in [1.807, 2.05) is 0 Å². The molecule has 0 spiro atoms. The van der Waals surface area contributed by atoms with Crippen LogP contribution in [0.3, 0.4) is 0 Å². The number of aryl methyl sites for hydroxylation is 1. The summed E-state index contributed by atoms with van der Waals surface area (Å²) in [5, 5.41) is -1.13. The summed E-state index contributed by atoms with van der Waals surface area (Å²) < 4.78 is 30.3. The fraction of sp³-hybridized carbons (Fsp3) is 0.357. The quantitative estimate of drug-likeness (QED) is 0.629. The molecule has 0 saturated heterocycles. The summed E-state index contributed by atoms with van der Waals surface area (Å²) in [7, 11) is -3.66. The van der Waals surface area contributed by atoms with Gasteiger partial charge < -0.3 is 4.74 Å². The highest BCUT2D eigenvalue weighted by molar-refractivity contribution is 7.92. The molecular weight excluding hydrogens is 262 g/mol. The van der Waals surface area contributed by atoms with E-state index in [9.17, 15) is 8.42 Å². The molecule has 0 bridgehead atoms. The van der Waals surface area contributed by atoms with Crippen LogP contribution in [0.5, 0.6) is 0 Å². The van der Waals surface area contributed by atoms with Crippen LogP contribution in [0, 0.1) is 13.5 Å². The predicted molar refractivity (Wildman–Crippen MR) is 72.3 cm³/mol. The Morgan fingerprint density at radius 1 is 1.37 bits per heavy atom. The summed E-state index contributed by atoms with van der Waals surface area (Å²) in [5.41, 5.74) is 1.31. The maximum absolute atomic E-state index is 12.6. The normalized spacial score (nSPS) is 17.4. The van der Waals surface area contributed by atoms with Gasteiger partial charge >= 0.3 is 5.37 Å². The lowest BCUT2D eigenvalue weighted by molar-refractivity contribution is 0.154. The first-order chi connectivity index (χ1) is 9.07. The van der Waals surface area contributed by atoms with Crippen LogP contribution in [-0.4, -0.2) is 27.0 Å². The third kappa shape index (κ3) is 2.70. The average Bonchev–Trinajstić information content (AvgIpc) is 2.40. The Hall–Kier alpha value is -1.64. The van der Waals surface area contributed by atoms with Gasteiger partial charge in [-0.15, -0.1) is 0 Å². The van der Waals surface area contributed by atoms with Crippen LogP contribution in [0.25, 0.3) is 4.85 Å². The second-order valence-electron chi connectivity index (χ2n) is 4.40. The van der Waals surface area contributed by atoms with E-state index in [1.165, 1.54) is 0 Å². The van der Waals surface area contributed by atoms with Crippen molar-refractivity contribution < 1.29 is 13.2 Å². The monoisotopic (exact) mass is 277 g/mol. The lowest BCUT2D eigenvalue weighted by Gasteiger charge is -2.16. The van der Waals surface area contributed by atoms with Gasteiger partial charge in [-0.1, -0.05) is 24.3 Å². The van der Waals surface area contributed by atoms with Crippen LogP contribution in [0.4, 0.5) is 0 Å². The SMILES string of the molecule is [C-]#[N+]C(C1=CCOCC1)S(=O)(=O)c1ccccc1C. The van der Waals surface area contributed by atoms with Gasteiger partial charge in [0, 0.05) is 12.0 Å². The van der Waals surface area contributed by atoms with Crippen LogP contribution in [0.2, 0.25) is 0 Å². The van der Waals surface area contributed by atoms with Gasteiger partial charge in [0.1, 0.15) is 0 Å². The van der Waals surface area contributed by atoms with Crippen molar-refractivity contribution in [3.63, 3.8) is 0 Å². The van der Waals surface area contributed by atoms with Crippen molar-refractivity contribution >= 4 is 9.84 Å². The first-order valence-electron chi connectivity index (χ1n) is 6.00. The van der Waals surface area contributed by atoms with Gasteiger partial charge in [-0.3, -0.25) is 4.85 Å². The molecule has 1 aliphatic rings. The molecule has 0 saturated carbocycles. The molecule has 19 heavy (non-hydrogen) atoms. The Balaban J connectivity index is 2.46. The van der Waals surface area contributed by atoms with Crippen molar-refractivity contribution in [2.75, 3.05) is 13.2 Å². The van der Waals surface area contributed by atoms with Gasteiger partial charge in [-0.25, -0.2) is 15.0 Å². The van der Waals surface area contributed by atoms with E-state index in [4.69, 9.17) is 11.3 Å². The zero-order valence-electron chi connectivity index (χ0n) is 10.7. The Morgan fingerprint density at radius 3 is 2.68 bits per heavy atom. The zero-order chi connectivity index (χ0) is 13.9. The Labute approximate surface area is 113 Å². The zero-order valence-corrected chi connectivity index (χ0v) is 11.5.